The fraction of sp³-hybridized carbons (Fsp3) is 0.0952. The summed E-state index contributed by atoms with van der Waals surface area (Å²) in [5.41, 5.74) is 6.32. The first-order valence-corrected chi connectivity index (χ1v) is 9.69. The number of rotatable bonds is 4. The van der Waals surface area contributed by atoms with Crippen molar-refractivity contribution in [2.75, 3.05) is 5.73 Å². The molecule has 9 heteroatoms. The Hall–Kier alpha value is -3.46. The number of nitrogens with two attached hydrogens (primary N) is 1. The van der Waals surface area contributed by atoms with Crippen LogP contribution in [0, 0.1) is 0 Å². The standard InChI is InChI=1S/C21H15F3N4OS/c22-21(23,24)14-9-15(13-6-2-1-3-7-13)28-20-16(14)17(25)18(30-20)19(29)27-11-12-5-4-8-26-10-12/h1-10H,11,25H2,(H,27,29). The van der Waals surface area contributed by atoms with Crippen LogP contribution in [-0.4, -0.2) is 15.9 Å². The van der Waals surface area contributed by atoms with Gasteiger partial charge in [-0.3, -0.25) is 9.78 Å². The molecule has 4 rings (SSSR count). The van der Waals surface area contributed by atoms with E-state index in [1.807, 2.05) is 0 Å². The van der Waals surface area contributed by atoms with Gasteiger partial charge in [0.2, 0.25) is 0 Å². The number of pyridine rings is 2. The predicted octanol–water partition coefficient (Wildman–Crippen LogP) is 4.89. The first-order valence-electron chi connectivity index (χ1n) is 8.87. The van der Waals surface area contributed by atoms with E-state index in [-0.39, 0.29) is 33.0 Å². The van der Waals surface area contributed by atoms with Gasteiger partial charge in [-0.05, 0) is 17.7 Å². The molecule has 0 atom stereocenters. The largest absolute Gasteiger partial charge is 0.417 e. The molecule has 0 bridgehead atoms. The number of nitrogens with zero attached hydrogens (tertiary/aromatic N) is 2. The highest BCUT2D eigenvalue weighted by atomic mass is 32.1. The van der Waals surface area contributed by atoms with Gasteiger partial charge in [0.25, 0.3) is 5.91 Å². The molecule has 0 aliphatic carbocycles. The van der Waals surface area contributed by atoms with Crippen LogP contribution in [0.5, 0.6) is 0 Å². The SMILES string of the molecule is Nc1c(C(=O)NCc2cccnc2)sc2nc(-c3ccccc3)cc(C(F)(F)F)c12. The number of halogens is 3. The number of thiophene rings is 1. The first kappa shape index (κ1) is 19.8. The Bertz CT molecular complexity index is 1210. The van der Waals surface area contributed by atoms with E-state index in [4.69, 9.17) is 5.73 Å². The summed E-state index contributed by atoms with van der Waals surface area (Å²) in [7, 11) is 0. The molecule has 0 fully saturated rings. The fourth-order valence-corrected chi connectivity index (χ4v) is 4.07. The molecule has 3 N–H and O–H groups in total. The van der Waals surface area contributed by atoms with Crippen molar-refractivity contribution in [3.63, 3.8) is 0 Å². The van der Waals surface area contributed by atoms with Gasteiger partial charge < -0.3 is 11.1 Å². The Morgan fingerprint density at radius 2 is 1.90 bits per heavy atom. The van der Waals surface area contributed by atoms with Gasteiger partial charge in [0.15, 0.2) is 0 Å². The van der Waals surface area contributed by atoms with E-state index in [9.17, 15) is 18.0 Å². The van der Waals surface area contributed by atoms with Crippen LogP contribution in [0.2, 0.25) is 0 Å². The number of carbonyl (C=O) groups is 1. The summed E-state index contributed by atoms with van der Waals surface area (Å²) >= 11 is 0.842. The molecule has 152 valence electrons. The number of nitrogen functional groups attached to an aromatic ring is 1. The normalized spacial score (nSPS) is 11.6. The number of amides is 1. The van der Waals surface area contributed by atoms with Crippen molar-refractivity contribution < 1.29 is 18.0 Å². The molecule has 1 aromatic carbocycles. The lowest BCUT2D eigenvalue weighted by molar-refractivity contribution is -0.136. The average Bonchev–Trinajstić information content (AvgIpc) is 3.08. The fourth-order valence-electron chi connectivity index (χ4n) is 3.04. The van der Waals surface area contributed by atoms with E-state index < -0.39 is 17.6 Å². The Balaban J connectivity index is 1.77. The van der Waals surface area contributed by atoms with E-state index in [1.165, 1.54) is 0 Å². The molecular weight excluding hydrogens is 413 g/mol. The lowest BCUT2D eigenvalue weighted by atomic mass is 10.1. The van der Waals surface area contributed by atoms with Crippen molar-refractivity contribution >= 4 is 33.1 Å². The zero-order valence-corrected chi connectivity index (χ0v) is 16.2. The number of fused-ring (bicyclic) bond motifs is 1. The highest BCUT2D eigenvalue weighted by Gasteiger charge is 2.36. The highest BCUT2D eigenvalue weighted by molar-refractivity contribution is 7.21. The summed E-state index contributed by atoms with van der Waals surface area (Å²) in [5, 5.41) is 2.41. The van der Waals surface area contributed by atoms with Gasteiger partial charge in [-0.25, -0.2) is 4.98 Å². The van der Waals surface area contributed by atoms with E-state index in [0.717, 1.165) is 23.0 Å². The molecule has 0 spiro atoms. The molecule has 0 unspecified atom stereocenters. The third-order valence-corrected chi connectivity index (χ3v) is 5.55. The molecular formula is C21H15F3N4OS. The maximum atomic E-state index is 13.8. The van der Waals surface area contributed by atoms with E-state index in [2.05, 4.69) is 15.3 Å². The minimum Gasteiger partial charge on any atom is -0.397 e. The molecule has 30 heavy (non-hydrogen) atoms. The van der Waals surface area contributed by atoms with Crippen LogP contribution in [0.3, 0.4) is 0 Å². The van der Waals surface area contributed by atoms with Crippen LogP contribution in [0.1, 0.15) is 20.8 Å². The summed E-state index contributed by atoms with van der Waals surface area (Å²) < 4.78 is 41.4. The topological polar surface area (TPSA) is 80.9 Å². The zero-order valence-electron chi connectivity index (χ0n) is 15.4. The van der Waals surface area contributed by atoms with Gasteiger partial charge >= 0.3 is 6.18 Å². The van der Waals surface area contributed by atoms with Crippen LogP contribution in [-0.2, 0) is 12.7 Å². The third kappa shape index (κ3) is 3.84. The first-order chi connectivity index (χ1) is 14.3. The second kappa shape index (κ2) is 7.75. The average molecular weight is 428 g/mol. The predicted molar refractivity (Wildman–Crippen MR) is 110 cm³/mol. The molecule has 3 heterocycles. The minimum atomic E-state index is -4.65. The van der Waals surface area contributed by atoms with Crippen LogP contribution in [0.15, 0.2) is 60.9 Å². The molecule has 0 saturated carbocycles. The van der Waals surface area contributed by atoms with Gasteiger partial charge in [-0.1, -0.05) is 36.4 Å². The maximum Gasteiger partial charge on any atom is 0.417 e. The van der Waals surface area contributed by atoms with E-state index in [1.54, 1.807) is 54.9 Å². The number of nitrogens with one attached hydrogen (secondary N) is 1. The quantitative estimate of drug-likeness (QED) is 0.485. The Morgan fingerprint density at radius 3 is 2.57 bits per heavy atom. The summed E-state index contributed by atoms with van der Waals surface area (Å²) in [6.07, 6.45) is -1.46. The molecule has 0 saturated heterocycles. The molecule has 1 amide bonds. The minimum absolute atomic E-state index is 0.00268. The third-order valence-electron chi connectivity index (χ3n) is 4.46. The van der Waals surface area contributed by atoms with Gasteiger partial charge in [-0.2, -0.15) is 13.2 Å². The van der Waals surface area contributed by atoms with Gasteiger partial charge in [0, 0.05) is 29.9 Å². The van der Waals surface area contributed by atoms with Crippen molar-refractivity contribution in [3.8, 4) is 11.3 Å². The van der Waals surface area contributed by atoms with Crippen LogP contribution in [0.25, 0.3) is 21.5 Å². The summed E-state index contributed by atoms with van der Waals surface area (Å²) in [4.78, 5) is 21.0. The van der Waals surface area contributed by atoms with Crippen LogP contribution < -0.4 is 11.1 Å². The molecule has 0 aliphatic heterocycles. The van der Waals surface area contributed by atoms with Crippen molar-refractivity contribution in [1.82, 2.24) is 15.3 Å². The number of benzene rings is 1. The van der Waals surface area contributed by atoms with Crippen molar-refractivity contribution in [2.45, 2.75) is 12.7 Å². The Labute approximate surface area is 173 Å². The van der Waals surface area contributed by atoms with Crippen molar-refractivity contribution in [2.24, 2.45) is 0 Å². The van der Waals surface area contributed by atoms with E-state index >= 15 is 0 Å². The zero-order chi connectivity index (χ0) is 21.3. The number of alkyl halides is 3. The lowest BCUT2D eigenvalue weighted by Gasteiger charge is -2.11. The summed E-state index contributed by atoms with van der Waals surface area (Å²) in [6.45, 7) is 0.176. The van der Waals surface area contributed by atoms with Crippen molar-refractivity contribution in [3.05, 3.63) is 76.9 Å². The number of hydrogen-bond acceptors (Lipinski definition) is 5. The summed E-state index contributed by atoms with van der Waals surface area (Å²) in [5.74, 6) is -0.561. The highest BCUT2D eigenvalue weighted by Crippen LogP contribution is 2.43. The number of aromatic nitrogens is 2. The molecule has 3 aromatic heterocycles. The Kier molecular flexibility index (Phi) is 5.13. The summed E-state index contributed by atoms with van der Waals surface area (Å²) in [6, 6.07) is 13.0. The number of carbonyl (C=O) groups excluding carboxylic acids is 1. The molecule has 5 nitrogen and oxygen atoms in total. The monoisotopic (exact) mass is 428 g/mol. The number of anilines is 1. The smallest absolute Gasteiger partial charge is 0.397 e. The second-order valence-corrected chi connectivity index (χ2v) is 7.49. The van der Waals surface area contributed by atoms with Gasteiger partial charge in [0.05, 0.1) is 16.9 Å². The molecule has 0 aliphatic rings. The second-order valence-electron chi connectivity index (χ2n) is 6.49. The molecule has 0 radical (unpaired) electrons. The lowest BCUT2D eigenvalue weighted by Crippen LogP contribution is -2.22. The Morgan fingerprint density at radius 1 is 1.13 bits per heavy atom. The maximum absolute atomic E-state index is 13.8. The molecule has 4 aromatic rings. The van der Waals surface area contributed by atoms with Crippen LogP contribution in [0.4, 0.5) is 18.9 Å². The van der Waals surface area contributed by atoms with E-state index in [0.29, 0.717) is 5.56 Å². The van der Waals surface area contributed by atoms with Gasteiger partial charge in [0.1, 0.15) is 9.71 Å². The van der Waals surface area contributed by atoms with Crippen molar-refractivity contribution in [1.29, 1.82) is 0 Å². The number of hydrogen-bond donors (Lipinski definition) is 2. The van der Waals surface area contributed by atoms with Crippen LogP contribution >= 0.6 is 11.3 Å². The van der Waals surface area contributed by atoms with Gasteiger partial charge in [-0.15, -0.1) is 11.3 Å².